The summed E-state index contributed by atoms with van der Waals surface area (Å²) in [6.45, 7) is 5.42. The molecule has 0 aliphatic rings. The number of likely N-dealkylation sites (N-methyl/N-ethyl adjacent to an activating group) is 1. The van der Waals surface area contributed by atoms with Crippen LogP contribution in [-0.2, 0) is 26.2 Å². The van der Waals surface area contributed by atoms with Crippen molar-refractivity contribution in [3.63, 3.8) is 0 Å². The van der Waals surface area contributed by atoms with Gasteiger partial charge < -0.3 is 15.0 Å². The minimum Gasteiger partial charge on any atom is -0.492 e. The van der Waals surface area contributed by atoms with Gasteiger partial charge in [-0.15, -0.1) is 0 Å². The summed E-state index contributed by atoms with van der Waals surface area (Å²) in [4.78, 5) is 28.1. The molecule has 0 spiro atoms. The molecular formula is C28H31BrClN3O5S. The SMILES string of the molecule is CCNC(=O)C(C)N(Cc1ccc(Br)cc1)C(=O)CN(c1ccccc1OCC)S(=O)(=O)c1ccc(Cl)cc1. The topological polar surface area (TPSA) is 96.0 Å². The van der Waals surface area contributed by atoms with Crippen LogP contribution < -0.4 is 14.4 Å². The second-order valence-electron chi connectivity index (χ2n) is 8.58. The number of nitrogens with zero attached hydrogens (tertiary/aromatic N) is 2. The zero-order valence-electron chi connectivity index (χ0n) is 21.9. The number of sulfonamides is 1. The van der Waals surface area contributed by atoms with Crippen LogP contribution in [0.4, 0.5) is 5.69 Å². The highest BCUT2D eigenvalue weighted by molar-refractivity contribution is 9.10. The lowest BCUT2D eigenvalue weighted by Gasteiger charge is -2.32. The number of halogens is 2. The smallest absolute Gasteiger partial charge is 0.264 e. The number of benzene rings is 3. The number of carbonyl (C=O) groups is 2. The van der Waals surface area contributed by atoms with E-state index in [0.29, 0.717) is 23.9 Å². The molecular weight excluding hydrogens is 606 g/mol. The van der Waals surface area contributed by atoms with E-state index in [0.717, 1.165) is 14.3 Å². The predicted octanol–water partition coefficient (Wildman–Crippen LogP) is 5.25. The first-order chi connectivity index (χ1) is 18.6. The highest BCUT2D eigenvalue weighted by atomic mass is 79.9. The molecule has 0 heterocycles. The Hall–Kier alpha value is -3.08. The first-order valence-electron chi connectivity index (χ1n) is 12.4. The van der Waals surface area contributed by atoms with Crippen molar-refractivity contribution < 1.29 is 22.7 Å². The normalized spacial score (nSPS) is 11.9. The van der Waals surface area contributed by atoms with Gasteiger partial charge in [0, 0.05) is 22.6 Å². The summed E-state index contributed by atoms with van der Waals surface area (Å²) in [5, 5.41) is 3.12. The van der Waals surface area contributed by atoms with Gasteiger partial charge in [-0.25, -0.2) is 8.42 Å². The molecule has 0 aliphatic heterocycles. The average molecular weight is 637 g/mol. The maximum Gasteiger partial charge on any atom is 0.264 e. The molecule has 11 heteroatoms. The van der Waals surface area contributed by atoms with Gasteiger partial charge in [0.1, 0.15) is 18.3 Å². The van der Waals surface area contributed by atoms with Crippen molar-refractivity contribution in [1.82, 2.24) is 10.2 Å². The number of anilines is 1. The van der Waals surface area contributed by atoms with Gasteiger partial charge in [-0.3, -0.25) is 13.9 Å². The molecule has 0 saturated heterocycles. The van der Waals surface area contributed by atoms with E-state index in [-0.39, 0.29) is 23.0 Å². The molecule has 0 bridgehead atoms. The number of hydrogen-bond donors (Lipinski definition) is 1. The quantitative estimate of drug-likeness (QED) is 0.293. The minimum atomic E-state index is -4.23. The molecule has 0 saturated carbocycles. The zero-order valence-corrected chi connectivity index (χ0v) is 25.1. The molecule has 2 amide bonds. The largest absolute Gasteiger partial charge is 0.492 e. The van der Waals surface area contributed by atoms with Crippen LogP contribution >= 0.6 is 27.5 Å². The lowest BCUT2D eigenvalue weighted by Crippen LogP contribution is -2.51. The van der Waals surface area contributed by atoms with Crippen LogP contribution in [0.1, 0.15) is 26.3 Å². The highest BCUT2D eigenvalue weighted by Gasteiger charge is 2.33. The minimum absolute atomic E-state index is 0.0396. The molecule has 0 aromatic heterocycles. The summed E-state index contributed by atoms with van der Waals surface area (Å²) in [6.07, 6.45) is 0. The number of rotatable bonds is 12. The molecule has 3 aromatic carbocycles. The van der Waals surface area contributed by atoms with Crippen LogP contribution in [0.3, 0.4) is 0 Å². The Labute approximate surface area is 243 Å². The predicted molar refractivity (Wildman–Crippen MR) is 156 cm³/mol. The van der Waals surface area contributed by atoms with Crippen molar-refractivity contribution in [2.45, 2.75) is 38.3 Å². The van der Waals surface area contributed by atoms with Crippen LogP contribution in [0.5, 0.6) is 5.75 Å². The van der Waals surface area contributed by atoms with Crippen LogP contribution in [0.15, 0.2) is 82.2 Å². The maximum atomic E-state index is 13.9. The highest BCUT2D eigenvalue weighted by Crippen LogP contribution is 2.33. The first-order valence-corrected chi connectivity index (χ1v) is 15.0. The van der Waals surface area contributed by atoms with Crippen LogP contribution in [0.2, 0.25) is 5.02 Å². The number of hydrogen-bond acceptors (Lipinski definition) is 5. The lowest BCUT2D eigenvalue weighted by atomic mass is 10.1. The fraction of sp³-hybridized carbons (Fsp3) is 0.286. The third-order valence-corrected chi connectivity index (χ3v) is 8.45. The Kier molecular flexibility index (Phi) is 10.8. The van der Waals surface area contributed by atoms with E-state index < -0.39 is 28.5 Å². The van der Waals surface area contributed by atoms with Crippen molar-refractivity contribution in [2.75, 3.05) is 24.0 Å². The van der Waals surface area contributed by atoms with Crippen molar-refractivity contribution in [3.8, 4) is 5.75 Å². The molecule has 3 rings (SSSR count). The van der Waals surface area contributed by atoms with E-state index in [1.807, 2.05) is 24.3 Å². The van der Waals surface area contributed by atoms with Gasteiger partial charge >= 0.3 is 0 Å². The van der Waals surface area contributed by atoms with Crippen LogP contribution in [-0.4, -0.2) is 50.9 Å². The molecule has 0 radical (unpaired) electrons. The molecule has 8 nitrogen and oxygen atoms in total. The third-order valence-electron chi connectivity index (χ3n) is 5.90. The molecule has 0 aliphatic carbocycles. The monoisotopic (exact) mass is 635 g/mol. The Morgan fingerprint density at radius 3 is 2.26 bits per heavy atom. The summed E-state index contributed by atoms with van der Waals surface area (Å²) in [5.74, 6) is -0.591. The van der Waals surface area contributed by atoms with Crippen molar-refractivity contribution in [1.29, 1.82) is 0 Å². The lowest BCUT2D eigenvalue weighted by molar-refractivity contribution is -0.139. The van der Waals surface area contributed by atoms with E-state index in [2.05, 4.69) is 21.2 Å². The van der Waals surface area contributed by atoms with Gasteiger partial charge in [-0.1, -0.05) is 51.8 Å². The van der Waals surface area contributed by atoms with Gasteiger partial charge in [0.25, 0.3) is 10.0 Å². The number of nitrogens with one attached hydrogen (secondary N) is 1. The van der Waals surface area contributed by atoms with Gasteiger partial charge in [0.2, 0.25) is 11.8 Å². The number of amides is 2. The molecule has 1 N–H and O–H groups in total. The fourth-order valence-corrected chi connectivity index (χ4v) is 5.69. The Morgan fingerprint density at radius 2 is 1.64 bits per heavy atom. The number of carbonyl (C=O) groups excluding carboxylic acids is 2. The molecule has 39 heavy (non-hydrogen) atoms. The molecule has 0 fully saturated rings. The number of para-hydroxylation sites is 2. The van der Waals surface area contributed by atoms with Crippen molar-refractivity contribution >= 4 is 55.1 Å². The Morgan fingerprint density at radius 1 is 1.00 bits per heavy atom. The van der Waals surface area contributed by atoms with E-state index >= 15 is 0 Å². The fourth-order valence-electron chi connectivity index (χ4n) is 3.88. The van der Waals surface area contributed by atoms with Gasteiger partial charge in [-0.2, -0.15) is 0 Å². The Balaban J connectivity index is 2.07. The maximum absolute atomic E-state index is 13.9. The second-order valence-corrected chi connectivity index (χ2v) is 11.8. The van der Waals surface area contributed by atoms with Crippen LogP contribution in [0, 0.1) is 0 Å². The summed E-state index contributed by atoms with van der Waals surface area (Å²) < 4.78 is 35.5. The molecule has 1 atom stereocenters. The van der Waals surface area contributed by atoms with Gasteiger partial charge in [-0.05, 0) is 74.9 Å². The van der Waals surface area contributed by atoms with E-state index in [1.165, 1.54) is 29.2 Å². The average Bonchev–Trinajstić information content (AvgIpc) is 2.92. The van der Waals surface area contributed by atoms with E-state index in [4.69, 9.17) is 16.3 Å². The summed E-state index contributed by atoms with van der Waals surface area (Å²) >= 11 is 9.40. The van der Waals surface area contributed by atoms with E-state index in [9.17, 15) is 18.0 Å². The number of ether oxygens (including phenoxy) is 1. The summed E-state index contributed by atoms with van der Waals surface area (Å²) in [5.41, 5.74) is 0.987. The van der Waals surface area contributed by atoms with Gasteiger partial charge in [0.05, 0.1) is 17.2 Å². The first kappa shape index (κ1) is 30.5. The summed E-state index contributed by atoms with van der Waals surface area (Å²) in [6, 6.07) is 18.8. The second kappa shape index (κ2) is 13.8. The standard InChI is InChI=1S/C28H31BrClN3O5S/c1-4-31-28(35)20(3)32(18-21-10-12-22(29)13-11-21)27(34)19-33(25-8-6-7-9-26(25)38-5-2)39(36,37)24-16-14-23(30)15-17-24/h6-17,20H,4-5,18-19H2,1-3H3,(H,31,35). The zero-order chi connectivity index (χ0) is 28.6. The van der Waals surface area contributed by atoms with Gasteiger partial charge in [0.15, 0.2) is 0 Å². The van der Waals surface area contributed by atoms with Crippen LogP contribution in [0.25, 0.3) is 0 Å². The molecule has 3 aromatic rings. The molecule has 208 valence electrons. The third kappa shape index (κ3) is 7.74. The van der Waals surface area contributed by atoms with Crippen molar-refractivity contribution in [2.24, 2.45) is 0 Å². The van der Waals surface area contributed by atoms with Crippen molar-refractivity contribution in [3.05, 3.63) is 87.9 Å². The van der Waals surface area contributed by atoms with E-state index in [1.54, 1.807) is 45.0 Å². The Bertz CT molecular complexity index is 1390. The summed E-state index contributed by atoms with van der Waals surface area (Å²) in [7, 11) is -4.23. The molecule has 1 unspecified atom stereocenters.